The Labute approximate surface area is 270 Å². The molecule has 0 saturated carbocycles. The Balaban J connectivity index is 0.996. The van der Waals surface area contributed by atoms with Crippen LogP contribution in [0.4, 0.5) is 0 Å². The molecule has 0 radical (unpaired) electrons. The van der Waals surface area contributed by atoms with E-state index in [9.17, 15) is 0 Å². The minimum absolute atomic E-state index is 0.869. The van der Waals surface area contributed by atoms with E-state index >= 15 is 0 Å². The summed E-state index contributed by atoms with van der Waals surface area (Å²) in [7, 11) is 0. The molecule has 0 saturated heterocycles. The summed E-state index contributed by atoms with van der Waals surface area (Å²) in [5.74, 6) is 1.74. The molecule has 0 unspecified atom stereocenters. The Morgan fingerprint density at radius 2 is 0.870 bits per heavy atom. The van der Waals surface area contributed by atoms with Crippen LogP contribution in [-0.4, -0.2) is 9.97 Å². The molecule has 216 valence electrons. The molecule has 46 heavy (non-hydrogen) atoms. The maximum atomic E-state index is 6.43. The maximum absolute atomic E-state index is 6.43. The number of benzene rings is 4. The molecule has 4 nitrogen and oxygen atoms in total. The predicted octanol–water partition coefficient (Wildman–Crippen LogP) is 12.2. The monoisotopic (exact) mass is 626 g/mol. The first-order chi connectivity index (χ1) is 22.7. The molecule has 0 aliphatic carbocycles. The van der Waals surface area contributed by atoms with Gasteiger partial charge in [0.15, 0.2) is 0 Å². The van der Waals surface area contributed by atoms with Crippen LogP contribution in [0.15, 0.2) is 143 Å². The van der Waals surface area contributed by atoms with Gasteiger partial charge in [-0.3, -0.25) is 9.97 Å². The summed E-state index contributed by atoms with van der Waals surface area (Å²) in [6.07, 6.45) is 3.91. The lowest BCUT2D eigenvalue weighted by Crippen LogP contribution is -1.80. The predicted molar refractivity (Wildman–Crippen MR) is 192 cm³/mol. The van der Waals surface area contributed by atoms with Gasteiger partial charge in [0.25, 0.3) is 0 Å². The fourth-order valence-electron chi connectivity index (χ4n) is 6.21. The SMILES string of the molecule is c1ccc(-c2cc3sc(-c4cc5cc6cc7oc(-c8cc9cnc(-c%10ccccc%10)cc9s8)cc7cc6cc5o4)cc3cn2)cc1. The topological polar surface area (TPSA) is 52.1 Å². The Hall–Kier alpha value is -5.56. The summed E-state index contributed by atoms with van der Waals surface area (Å²) in [6.45, 7) is 0. The molecule has 0 N–H and O–H groups in total. The summed E-state index contributed by atoms with van der Waals surface area (Å²) in [5, 5.41) is 6.62. The van der Waals surface area contributed by atoms with E-state index in [2.05, 4.69) is 84.9 Å². The van der Waals surface area contributed by atoms with E-state index in [0.29, 0.717) is 0 Å². The van der Waals surface area contributed by atoms with E-state index in [1.54, 1.807) is 22.7 Å². The Bertz CT molecular complexity index is 2490. The van der Waals surface area contributed by atoms with Gasteiger partial charge in [0, 0.05) is 54.5 Å². The molecule has 0 aliphatic rings. The van der Waals surface area contributed by atoms with E-state index in [0.717, 1.165) is 87.3 Å². The largest absolute Gasteiger partial charge is 0.455 e. The molecule has 10 rings (SSSR count). The average molecular weight is 627 g/mol. The highest BCUT2D eigenvalue weighted by atomic mass is 32.1. The van der Waals surface area contributed by atoms with E-state index < -0.39 is 0 Å². The van der Waals surface area contributed by atoms with Crippen molar-refractivity contribution < 1.29 is 8.83 Å². The molecule has 0 amide bonds. The zero-order valence-electron chi connectivity index (χ0n) is 24.2. The summed E-state index contributed by atoms with van der Waals surface area (Å²) in [6, 6.07) is 42.2. The zero-order chi connectivity index (χ0) is 30.2. The third kappa shape index (κ3) is 4.26. The number of nitrogens with zero attached hydrogens (tertiary/aromatic N) is 2. The van der Waals surface area contributed by atoms with Gasteiger partial charge >= 0.3 is 0 Å². The van der Waals surface area contributed by atoms with Crippen LogP contribution in [0, 0.1) is 0 Å². The van der Waals surface area contributed by atoms with Gasteiger partial charge in [0.05, 0.1) is 21.1 Å². The Morgan fingerprint density at radius 1 is 0.413 bits per heavy atom. The van der Waals surface area contributed by atoms with Crippen molar-refractivity contribution in [1.82, 2.24) is 9.97 Å². The number of fused-ring (bicyclic) bond motifs is 5. The fraction of sp³-hybridized carbons (Fsp3) is 0. The summed E-state index contributed by atoms with van der Waals surface area (Å²) in [4.78, 5) is 11.6. The van der Waals surface area contributed by atoms with Crippen molar-refractivity contribution in [2.24, 2.45) is 0 Å². The van der Waals surface area contributed by atoms with Crippen LogP contribution in [0.2, 0.25) is 0 Å². The van der Waals surface area contributed by atoms with Crippen LogP contribution in [0.5, 0.6) is 0 Å². The summed E-state index contributed by atoms with van der Waals surface area (Å²) < 4.78 is 15.2. The minimum Gasteiger partial charge on any atom is -0.455 e. The Kier molecular flexibility index (Phi) is 5.58. The molecule has 6 heteroatoms. The van der Waals surface area contributed by atoms with E-state index in [-0.39, 0.29) is 0 Å². The van der Waals surface area contributed by atoms with E-state index in [1.807, 2.05) is 48.8 Å². The standard InChI is InChI=1S/C40H22N2O2S2/c1-3-7-23(8-4-1)31-19-37-29(21-41-31)17-39(45-37)35-15-27-11-25-14-34-28(12-26(25)13-33(27)43-35)16-36(44-34)40-18-30-22-42-32(20-38(30)46-40)24-9-5-2-6-10-24/h1-22H. The van der Waals surface area contributed by atoms with Crippen LogP contribution in [0.25, 0.3) is 96.7 Å². The first-order valence-corrected chi connectivity index (χ1v) is 16.7. The van der Waals surface area contributed by atoms with Crippen molar-refractivity contribution >= 4 is 75.6 Å². The number of pyridine rings is 2. The first-order valence-electron chi connectivity index (χ1n) is 15.0. The second-order valence-corrected chi connectivity index (χ2v) is 13.7. The van der Waals surface area contributed by atoms with Gasteiger partial charge in [0.1, 0.15) is 22.7 Å². The number of hydrogen-bond acceptors (Lipinski definition) is 6. The van der Waals surface area contributed by atoms with Crippen LogP contribution >= 0.6 is 22.7 Å². The van der Waals surface area contributed by atoms with Crippen LogP contribution in [0.1, 0.15) is 0 Å². The lowest BCUT2D eigenvalue weighted by molar-refractivity contribution is 0.633. The quantitative estimate of drug-likeness (QED) is 0.195. The molecular weight excluding hydrogens is 605 g/mol. The van der Waals surface area contributed by atoms with Crippen molar-refractivity contribution in [3.8, 4) is 43.8 Å². The van der Waals surface area contributed by atoms with Gasteiger partial charge in [-0.05, 0) is 71.4 Å². The van der Waals surface area contributed by atoms with Crippen molar-refractivity contribution in [3.05, 3.63) is 134 Å². The molecule has 0 atom stereocenters. The Morgan fingerprint density at radius 3 is 1.33 bits per heavy atom. The highest BCUT2D eigenvalue weighted by molar-refractivity contribution is 7.22. The van der Waals surface area contributed by atoms with Gasteiger partial charge in [-0.15, -0.1) is 22.7 Å². The first kappa shape index (κ1) is 25.7. The molecule has 0 bridgehead atoms. The summed E-state index contributed by atoms with van der Waals surface area (Å²) in [5.41, 5.74) is 5.94. The maximum Gasteiger partial charge on any atom is 0.145 e. The lowest BCUT2D eigenvalue weighted by atomic mass is 10.1. The number of thiophene rings is 2. The van der Waals surface area contributed by atoms with Crippen molar-refractivity contribution in [1.29, 1.82) is 0 Å². The van der Waals surface area contributed by atoms with E-state index in [4.69, 9.17) is 18.8 Å². The van der Waals surface area contributed by atoms with Crippen molar-refractivity contribution in [2.75, 3.05) is 0 Å². The van der Waals surface area contributed by atoms with E-state index in [1.165, 1.54) is 9.40 Å². The molecule has 4 aromatic carbocycles. The minimum atomic E-state index is 0.869. The van der Waals surface area contributed by atoms with Crippen LogP contribution in [0.3, 0.4) is 0 Å². The van der Waals surface area contributed by atoms with Crippen molar-refractivity contribution in [3.63, 3.8) is 0 Å². The molecule has 6 aromatic heterocycles. The molecule has 0 aliphatic heterocycles. The number of rotatable bonds is 4. The normalized spacial score (nSPS) is 11.9. The number of aromatic nitrogens is 2. The van der Waals surface area contributed by atoms with Crippen LogP contribution in [-0.2, 0) is 0 Å². The molecule has 10 aromatic rings. The van der Waals surface area contributed by atoms with Gasteiger partial charge in [-0.25, -0.2) is 0 Å². The zero-order valence-corrected chi connectivity index (χ0v) is 25.9. The highest BCUT2D eigenvalue weighted by Crippen LogP contribution is 2.41. The molecular formula is C40H22N2O2S2. The third-order valence-electron chi connectivity index (χ3n) is 8.54. The average Bonchev–Trinajstić information content (AvgIpc) is 3.90. The molecule has 0 spiro atoms. The summed E-state index contributed by atoms with van der Waals surface area (Å²) >= 11 is 3.46. The smallest absolute Gasteiger partial charge is 0.145 e. The number of hydrogen-bond donors (Lipinski definition) is 0. The number of furan rings is 2. The second-order valence-electron chi connectivity index (χ2n) is 11.5. The molecule has 0 fully saturated rings. The van der Waals surface area contributed by atoms with Gasteiger partial charge < -0.3 is 8.83 Å². The van der Waals surface area contributed by atoms with Gasteiger partial charge in [-0.1, -0.05) is 60.7 Å². The van der Waals surface area contributed by atoms with Gasteiger partial charge in [-0.2, -0.15) is 0 Å². The lowest BCUT2D eigenvalue weighted by Gasteiger charge is -1.99. The van der Waals surface area contributed by atoms with Crippen LogP contribution < -0.4 is 0 Å². The second kappa shape index (κ2) is 9.97. The van der Waals surface area contributed by atoms with Crippen molar-refractivity contribution in [2.45, 2.75) is 0 Å². The highest BCUT2D eigenvalue weighted by Gasteiger charge is 2.15. The molecule has 6 heterocycles. The van der Waals surface area contributed by atoms with Gasteiger partial charge in [0.2, 0.25) is 0 Å². The fourth-order valence-corrected chi connectivity index (χ4v) is 8.26. The third-order valence-corrected chi connectivity index (χ3v) is 10.8.